The first-order chi connectivity index (χ1) is 9.42. The van der Waals surface area contributed by atoms with Crippen molar-refractivity contribution < 1.29 is 14.2 Å². The summed E-state index contributed by atoms with van der Waals surface area (Å²) >= 11 is 0. The van der Waals surface area contributed by atoms with E-state index in [9.17, 15) is 0 Å². The first-order valence-corrected chi connectivity index (χ1v) is 6.89. The van der Waals surface area contributed by atoms with Crippen LogP contribution < -0.4 is 5.32 Å². The topological polar surface area (TPSA) is 39.7 Å². The van der Waals surface area contributed by atoms with E-state index >= 15 is 0 Å². The lowest BCUT2D eigenvalue weighted by Crippen LogP contribution is -2.42. The average molecular weight is 265 g/mol. The first kappa shape index (κ1) is 14.5. The van der Waals surface area contributed by atoms with E-state index in [1.165, 1.54) is 5.56 Å². The third-order valence-corrected chi connectivity index (χ3v) is 3.21. The summed E-state index contributed by atoms with van der Waals surface area (Å²) in [5, 5.41) is 3.36. The maximum Gasteiger partial charge on any atom is 0.110 e. The molecule has 1 aromatic carbocycles. The maximum atomic E-state index is 6.02. The van der Waals surface area contributed by atoms with Crippen LogP contribution in [0, 0.1) is 0 Å². The van der Waals surface area contributed by atoms with Gasteiger partial charge in [0, 0.05) is 33.4 Å². The van der Waals surface area contributed by atoms with Crippen molar-refractivity contribution in [2.24, 2.45) is 0 Å². The van der Waals surface area contributed by atoms with Gasteiger partial charge in [-0.2, -0.15) is 0 Å². The quantitative estimate of drug-likeness (QED) is 0.763. The van der Waals surface area contributed by atoms with Gasteiger partial charge in [0.05, 0.1) is 6.61 Å². The molecule has 2 unspecified atom stereocenters. The summed E-state index contributed by atoms with van der Waals surface area (Å²) in [6, 6.07) is 10.3. The third kappa shape index (κ3) is 4.58. The molecule has 1 fully saturated rings. The predicted molar refractivity (Wildman–Crippen MR) is 74.2 cm³/mol. The highest BCUT2D eigenvalue weighted by molar-refractivity contribution is 5.19. The van der Waals surface area contributed by atoms with Crippen molar-refractivity contribution in [3.05, 3.63) is 35.9 Å². The van der Waals surface area contributed by atoms with E-state index < -0.39 is 0 Å². The van der Waals surface area contributed by atoms with Gasteiger partial charge in [-0.3, -0.25) is 0 Å². The minimum Gasteiger partial charge on any atom is -0.385 e. The van der Waals surface area contributed by atoms with E-state index in [4.69, 9.17) is 14.2 Å². The zero-order valence-electron chi connectivity index (χ0n) is 11.5. The number of hydrogen-bond acceptors (Lipinski definition) is 4. The monoisotopic (exact) mass is 265 g/mol. The van der Waals surface area contributed by atoms with Gasteiger partial charge in [-0.15, -0.1) is 0 Å². The van der Waals surface area contributed by atoms with E-state index in [0.29, 0.717) is 6.61 Å². The highest BCUT2D eigenvalue weighted by atomic mass is 16.5. The van der Waals surface area contributed by atoms with Gasteiger partial charge in [-0.25, -0.2) is 0 Å². The van der Waals surface area contributed by atoms with Crippen LogP contribution in [0.4, 0.5) is 0 Å². The number of ether oxygens (including phenoxy) is 3. The molecule has 4 heteroatoms. The van der Waals surface area contributed by atoms with Gasteiger partial charge < -0.3 is 19.5 Å². The summed E-state index contributed by atoms with van der Waals surface area (Å²) < 4.78 is 16.9. The minimum absolute atomic E-state index is 0.00847. The van der Waals surface area contributed by atoms with E-state index in [1.54, 1.807) is 7.11 Å². The zero-order chi connectivity index (χ0) is 13.3. The molecule has 0 amide bonds. The van der Waals surface area contributed by atoms with Crippen molar-refractivity contribution in [3.8, 4) is 0 Å². The van der Waals surface area contributed by atoms with Crippen molar-refractivity contribution in [3.63, 3.8) is 0 Å². The fourth-order valence-corrected chi connectivity index (χ4v) is 2.25. The number of rotatable bonds is 7. The maximum absolute atomic E-state index is 6.02. The SMILES string of the molecule is COCCCOC(c1ccccc1)C1CNCCO1. The molecule has 1 aromatic rings. The molecule has 0 aromatic heterocycles. The van der Waals surface area contributed by atoms with Crippen LogP contribution in [0.1, 0.15) is 18.1 Å². The highest BCUT2D eigenvalue weighted by Gasteiger charge is 2.26. The lowest BCUT2D eigenvalue weighted by molar-refractivity contribution is -0.0885. The first-order valence-electron chi connectivity index (χ1n) is 6.89. The second kappa shape index (κ2) is 8.27. The fourth-order valence-electron chi connectivity index (χ4n) is 2.25. The molecule has 2 rings (SSSR count). The Morgan fingerprint density at radius 2 is 2.16 bits per heavy atom. The van der Waals surface area contributed by atoms with Crippen molar-refractivity contribution in [1.82, 2.24) is 5.32 Å². The summed E-state index contributed by atoms with van der Waals surface area (Å²) in [6.07, 6.45) is 0.976. The van der Waals surface area contributed by atoms with E-state index in [-0.39, 0.29) is 12.2 Å². The number of morpholine rings is 1. The van der Waals surface area contributed by atoms with Gasteiger partial charge in [0.15, 0.2) is 0 Å². The molecule has 1 aliphatic heterocycles. The molecule has 1 aliphatic rings. The van der Waals surface area contributed by atoms with E-state index in [2.05, 4.69) is 17.4 Å². The smallest absolute Gasteiger partial charge is 0.110 e. The molecule has 0 saturated carbocycles. The van der Waals surface area contributed by atoms with Crippen LogP contribution in [0.3, 0.4) is 0 Å². The normalized spacial score (nSPS) is 21.2. The Kier molecular flexibility index (Phi) is 6.30. The standard InChI is InChI=1S/C15H23NO3/c1-17-9-5-10-19-15(13-6-3-2-4-7-13)14-12-16-8-11-18-14/h2-4,6-7,14-16H,5,8-12H2,1H3. The summed E-state index contributed by atoms with van der Waals surface area (Å²) in [6.45, 7) is 3.92. The van der Waals surface area contributed by atoms with Crippen molar-refractivity contribution in [2.75, 3.05) is 40.0 Å². The largest absolute Gasteiger partial charge is 0.385 e. The number of nitrogens with one attached hydrogen (secondary N) is 1. The predicted octanol–water partition coefficient (Wildman–Crippen LogP) is 1.77. The zero-order valence-corrected chi connectivity index (χ0v) is 11.5. The van der Waals surface area contributed by atoms with Crippen molar-refractivity contribution in [2.45, 2.75) is 18.6 Å². The summed E-state index contributed by atoms with van der Waals surface area (Å²) in [7, 11) is 1.71. The van der Waals surface area contributed by atoms with Crippen LogP contribution in [0.15, 0.2) is 30.3 Å². The van der Waals surface area contributed by atoms with Gasteiger partial charge in [0.25, 0.3) is 0 Å². The summed E-state index contributed by atoms with van der Waals surface area (Å²) in [5.74, 6) is 0. The van der Waals surface area contributed by atoms with Gasteiger partial charge in [0.1, 0.15) is 12.2 Å². The Labute approximate surface area is 115 Å². The second-order valence-electron chi connectivity index (χ2n) is 4.66. The second-order valence-corrected chi connectivity index (χ2v) is 4.66. The van der Waals surface area contributed by atoms with E-state index in [1.807, 2.05) is 18.2 Å². The van der Waals surface area contributed by atoms with Crippen LogP contribution in [-0.4, -0.2) is 46.1 Å². The highest BCUT2D eigenvalue weighted by Crippen LogP contribution is 2.24. The lowest BCUT2D eigenvalue weighted by Gasteiger charge is -2.31. The Bertz CT molecular complexity index is 339. The molecule has 19 heavy (non-hydrogen) atoms. The van der Waals surface area contributed by atoms with Crippen LogP contribution in [0.25, 0.3) is 0 Å². The molecule has 4 nitrogen and oxygen atoms in total. The lowest BCUT2D eigenvalue weighted by atomic mass is 10.0. The van der Waals surface area contributed by atoms with Crippen LogP contribution >= 0.6 is 0 Å². The molecule has 2 atom stereocenters. The minimum atomic E-state index is -0.00847. The molecule has 0 bridgehead atoms. The molecule has 0 aliphatic carbocycles. The average Bonchev–Trinajstić information content (AvgIpc) is 2.49. The van der Waals surface area contributed by atoms with Gasteiger partial charge in [-0.1, -0.05) is 30.3 Å². The van der Waals surface area contributed by atoms with Crippen LogP contribution in [0.2, 0.25) is 0 Å². The van der Waals surface area contributed by atoms with Crippen molar-refractivity contribution >= 4 is 0 Å². The summed E-state index contributed by atoms with van der Waals surface area (Å²) in [5.41, 5.74) is 1.17. The molecule has 0 spiro atoms. The molecule has 0 radical (unpaired) electrons. The molecule has 1 heterocycles. The summed E-state index contributed by atoms with van der Waals surface area (Å²) in [4.78, 5) is 0. The van der Waals surface area contributed by atoms with Gasteiger partial charge in [-0.05, 0) is 12.0 Å². The van der Waals surface area contributed by atoms with Gasteiger partial charge >= 0.3 is 0 Å². The molecular weight excluding hydrogens is 242 g/mol. The van der Waals surface area contributed by atoms with Crippen LogP contribution in [-0.2, 0) is 14.2 Å². The Morgan fingerprint density at radius 3 is 2.84 bits per heavy atom. The number of benzene rings is 1. The van der Waals surface area contributed by atoms with Gasteiger partial charge in [0.2, 0.25) is 0 Å². The molecular formula is C15H23NO3. The number of hydrogen-bond donors (Lipinski definition) is 1. The third-order valence-electron chi connectivity index (χ3n) is 3.21. The van der Waals surface area contributed by atoms with E-state index in [0.717, 1.165) is 32.7 Å². The van der Waals surface area contributed by atoms with Crippen molar-refractivity contribution in [1.29, 1.82) is 0 Å². The molecule has 1 saturated heterocycles. The fraction of sp³-hybridized carbons (Fsp3) is 0.600. The Morgan fingerprint density at radius 1 is 1.32 bits per heavy atom. The molecule has 1 N–H and O–H groups in total. The van der Waals surface area contributed by atoms with Crippen LogP contribution in [0.5, 0.6) is 0 Å². The number of methoxy groups -OCH3 is 1. The Hall–Kier alpha value is -0.940. The Balaban J connectivity index is 1.96. The molecule has 106 valence electrons.